The predicted octanol–water partition coefficient (Wildman–Crippen LogP) is 5.82. The molecule has 0 bridgehead atoms. The summed E-state index contributed by atoms with van der Waals surface area (Å²) in [6.45, 7) is 0.0609. The Kier molecular flexibility index (Phi) is 6.19. The number of carbonyl (C=O) groups excluding carboxylic acids is 2. The highest BCUT2D eigenvalue weighted by Crippen LogP contribution is 2.32. The number of amides is 2. The summed E-state index contributed by atoms with van der Waals surface area (Å²) in [4.78, 5) is 27.4. The number of hydrogen-bond donors (Lipinski definition) is 1. The second-order valence-electron chi connectivity index (χ2n) is 5.35. The zero-order valence-electron chi connectivity index (χ0n) is 13.7. The number of nitrogens with zero attached hydrogens (tertiary/aromatic N) is 1. The molecule has 1 aliphatic rings. The Hall–Kier alpha value is -1.60. The highest BCUT2D eigenvalue weighted by Gasteiger charge is 2.34. The molecule has 8 heteroatoms. The fourth-order valence-electron chi connectivity index (χ4n) is 2.26. The van der Waals surface area contributed by atoms with Gasteiger partial charge in [0.05, 0.1) is 21.6 Å². The van der Waals surface area contributed by atoms with Gasteiger partial charge in [0.1, 0.15) is 0 Å². The van der Waals surface area contributed by atoms with Gasteiger partial charge in [0.25, 0.3) is 11.1 Å². The standard InChI is InChI=1S/C18H14Cl2N2O2S2/c1-25-13-5-2-11(3-6-13)8-16-17(23)22(18(24)26-16)10-21-12-4-7-14(19)15(20)9-12/h2-9,21H,10H2,1H3/b16-8+. The van der Waals surface area contributed by atoms with Crippen molar-refractivity contribution in [1.82, 2.24) is 4.90 Å². The Balaban J connectivity index is 1.69. The zero-order valence-corrected chi connectivity index (χ0v) is 16.8. The summed E-state index contributed by atoms with van der Waals surface area (Å²) in [6.07, 6.45) is 3.73. The predicted molar refractivity (Wildman–Crippen MR) is 111 cm³/mol. The second kappa shape index (κ2) is 8.39. The normalized spacial score (nSPS) is 15.8. The minimum atomic E-state index is -0.318. The number of benzene rings is 2. The maximum Gasteiger partial charge on any atom is 0.295 e. The molecule has 1 saturated heterocycles. The maximum absolute atomic E-state index is 12.5. The van der Waals surface area contributed by atoms with Crippen LogP contribution in [0, 0.1) is 0 Å². The zero-order chi connectivity index (χ0) is 18.7. The van der Waals surface area contributed by atoms with Crippen LogP contribution in [0.25, 0.3) is 6.08 Å². The molecule has 1 aliphatic heterocycles. The van der Waals surface area contributed by atoms with Gasteiger partial charge in [0.2, 0.25) is 0 Å². The molecular formula is C18H14Cl2N2O2S2. The van der Waals surface area contributed by atoms with Gasteiger partial charge < -0.3 is 5.32 Å². The van der Waals surface area contributed by atoms with Crippen LogP contribution in [-0.2, 0) is 4.79 Å². The molecule has 1 N–H and O–H groups in total. The van der Waals surface area contributed by atoms with Gasteiger partial charge in [-0.15, -0.1) is 11.8 Å². The molecule has 2 amide bonds. The first-order chi connectivity index (χ1) is 12.5. The molecule has 0 saturated carbocycles. The number of anilines is 1. The quantitative estimate of drug-likeness (QED) is 0.483. The van der Waals surface area contributed by atoms with Crippen molar-refractivity contribution in [3.63, 3.8) is 0 Å². The van der Waals surface area contributed by atoms with Crippen molar-refractivity contribution in [3.8, 4) is 0 Å². The van der Waals surface area contributed by atoms with Crippen molar-refractivity contribution in [2.45, 2.75) is 4.90 Å². The summed E-state index contributed by atoms with van der Waals surface area (Å²) in [5.41, 5.74) is 1.56. The molecule has 1 fully saturated rings. The highest BCUT2D eigenvalue weighted by atomic mass is 35.5. The molecule has 0 aromatic heterocycles. The lowest BCUT2D eigenvalue weighted by Gasteiger charge is -2.14. The minimum Gasteiger partial charge on any atom is -0.367 e. The Morgan fingerprint density at radius 3 is 2.50 bits per heavy atom. The number of hydrogen-bond acceptors (Lipinski definition) is 5. The summed E-state index contributed by atoms with van der Waals surface area (Å²) < 4.78 is 0. The van der Waals surface area contributed by atoms with E-state index in [2.05, 4.69) is 5.32 Å². The molecule has 134 valence electrons. The van der Waals surface area contributed by atoms with E-state index in [9.17, 15) is 9.59 Å². The van der Waals surface area contributed by atoms with Gasteiger partial charge in [0, 0.05) is 10.6 Å². The van der Waals surface area contributed by atoms with Crippen LogP contribution in [0.4, 0.5) is 10.5 Å². The fraction of sp³-hybridized carbons (Fsp3) is 0.111. The van der Waals surface area contributed by atoms with Crippen LogP contribution in [0.5, 0.6) is 0 Å². The Bertz CT molecular complexity index is 885. The van der Waals surface area contributed by atoms with Gasteiger partial charge in [-0.3, -0.25) is 14.5 Å². The van der Waals surface area contributed by atoms with Crippen molar-refractivity contribution in [2.24, 2.45) is 0 Å². The van der Waals surface area contributed by atoms with Crippen molar-refractivity contribution >= 4 is 69.6 Å². The summed E-state index contributed by atoms with van der Waals surface area (Å²) in [5.74, 6) is -0.318. The third kappa shape index (κ3) is 4.38. The SMILES string of the molecule is CSc1ccc(/C=C2/SC(=O)N(CNc3ccc(Cl)c(Cl)c3)C2=O)cc1. The molecule has 2 aromatic carbocycles. The average Bonchev–Trinajstić information content (AvgIpc) is 2.90. The Morgan fingerprint density at radius 1 is 1.12 bits per heavy atom. The number of rotatable bonds is 5. The Morgan fingerprint density at radius 2 is 1.85 bits per heavy atom. The van der Waals surface area contributed by atoms with Crippen LogP contribution >= 0.6 is 46.7 Å². The lowest BCUT2D eigenvalue weighted by molar-refractivity contribution is -0.122. The van der Waals surface area contributed by atoms with Crippen molar-refractivity contribution in [1.29, 1.82) is 0 Å². The van der Waals surface area contributed by atoms with Gasteiger partial charge in [-0.1, -0.05) is 35.3 Å². The lowest BCUT2D eigenvalue weighted by atomic mass is 10.2. The van der Waals surface area contributed by atoms with Gasteiger partial charge >= 0.3 is 0 Å². The lowest BCUT2D eigenvalue weighted by Crippen LogP contribution is -2.33. The molecule has 3 rings (SSSR count). The van der Waals surface area contributed by atoms with Crippen molar-refractivity contribution in [2.75, 3.05) is 18.2 Å². The van der Waals surface area contributed by atoms with E-state index < -0.39 is 0 Å². The molecule has 0 radical (unpaired) electrons. The van der Waals surface area contributed by atoms with Crippen molar-refractivity contribution < 1.29 is 9.59 Å². The molecule has 0 atom stereocenters. The van der Waals surface area contributed by atoms with E-state index in [1.165, 1.54) is 0 Å². The highest BCUT2D eigenvalue weighted by molar-refractivity contribution is 8.18. The van der Waals surface area contributed by atoms with E-state index in [0.717, 1.165) is 27.1 Å². The number of carbonyl (C=O) groups is 2. The smallest absolute Gasteiger partial charge is 0.295 e. The monoisotopic (exact) mass is 424 g/mol. The first kappa shape index (κ1) is 19.2. The van der Waals surface area contributed by atoms with E-state index in [1.807, 2.05) is 30.5 Å². The second-order valence-corrected chi connectivity index (χ2v) is 8.03. The first-order valence-electron chi connectivity index (χ1n) is 7.56. The summed E-state index contributed by atoms with van der Waals surface area (Å²) in [5, 5.41) is 3.55. The van der Waals surface area contributed by atoms with Crippen LogP contribution in [-0.4, -0.2) is 29.0 Å². The van der Waals surface area contributed by atoms with E-state index in [1.54, 1.807) is 36.0 Å². The maximum atomic E-state index is 12.5. The van der Waals surface area contributed by atoms with E-state index in [4.69, 9.17) is 23.2 Å². The number of nitrogens with one attached hydrogen (secondary N) is 1. The third-order valence-electron chi connectivity index (χ3n) is 3.65. The molecule has 1 heterocycles. The van der Waals surface area contributed by atoms with Crippen LogP contribution in [0.15, 0.2) is 52.3 Å². The summed E-state index contributed by atoms with van der Waals surface area (Å²) >= 11 is 14.4. The van der Waals surface area contributed by atoms with Crippen LogP contribution in [0.3, 0.4) is 0 Å². The van der Waals surface area contributed by atoms with Crippen LogP contribution in [0.1, 0.15) is 5.56 Å². The van der Waals surface area contributed by atoms with Crippen LogP contribution in [0.2, 0.25) is 10.0 Å². The van der Waals surface area contributed by atoms with E-state index in [-0.39, 0.29) is 17.8 Å². The van der Waals surface area contributed by atoms with Crippen molar-refractivity contribution in [3.05, 3.63) is 63.0 Å². The topological polar surface area (TPSA) is 49.4 Å². The minimum absolute atomic E-state index is 0.0609. The molecule has 26 heavy (non-hydrogen) atoms. The van der Waals surface area contributed by atoms with E-state index in [0.29, 0.717) is 20.6 Å². The third-order valence-corrected chi connectivity index (χ3v) is 6.04. The summed E-state index contributed by atoms with van der Waals surface area (Å²) in [6, 6.07) is 12.8. The summed E-state index contributed by atoms with van der Waals surface area (Å²) in [7, 11) is 0. The molecule has 4 nitrogen and oxygen atoms in total. The number of halogens is 2. The van der Waals surface area contributed by atoms with Crippen LogP contribution < -0.4 is 5.32 Å². The number of thioether (sulfide) groups is 2. The van der Waals surface area contributed by atoms with Gasteiger partial charge in [-0.05, 0) is 60.0 Å². The fourth-order valence-corrected chi connectivity index (χ4v) is 3.81. The first-order valence-corrected chi connectivity index (χ1v) is 10.4. The number of imide groups is 1. The largest absolute Gasteiger partial charge is 0.367 e. The average molecular weight is 425 g/mol. The Labute approximate surface area is 169 Å². The molecular weight excluding hydrogens is 411 g/mol. The molecule has 0 unspecified atom stereocenters. The molecule has 2 aromatic rings. The van der Waals surface area contributed by atoms with Gasteiger partial charge in [-0.2, -0.15) is 0 Å². The van der Waals surface area contributed by atoms with Gasteiger partial charge in [-0.25, -0.2) is 0 Å². The van der Waals surface area contributed by atoms with E-state index >= 15 is 0 Å². The van der Waals surface area contributed by atoms with Gasteiger partial charge in [0.15, 0.2) is 0 Å². The molecule has 0 aliphatic carbocycles. The molecule has 0 spiro atoms.